The van der Waals surface area contributed by atoms with Crippen LogP contribution in [0.4, 0.5) is 0 Å². The molecule has 0 saturated heterocycles. The maximum absolute atomic E-state index is 5.43. The van der Waals surface area contributed by atoms with Gasteiger partial charge in [0.25, 0.3) is 0 Å². The van der Waals surface area contributed by atoms with E-state index in [0.717, 1.165) is 17.7 Å². The lowest BCUT2D eigenvalue weighted by molar-refractivity contribution is 0.355. The number of ether oxygens (including phenoxy) is 2. The number of aryl methyl sites for hydroxylation is 1. The van der Waals surface area contributed by atoms with E-state index in [2.05, 4.69) is 69.3 Å². The van der Waals surface area contributed by atoms with E-state index < -0.39 is 0 Å². The first kappa shape index (κ1) is 21.0. The smallest absolute Gasteiger partial charge is 0.216 e. The molecule has 0 aliphatic heterocycles. The molecule has 0 atom stereocenters. The number of fused-ring (bicyclic) bond motifs is 3. The predicted octanol–water partition coefficient (Wildman–Crippen LogP) is 5.63. The molecule has 2 aromatic heterocycles. The summed E-state index contributed by atoms with van der Waals surface area (Å²) in [6.07, 6.45) is 1.80. The Bertz CT molecular complexity index is 1560. The van der Waals surface area contributed by atoms with Crippen molar-refractivity contribution in [2.24, 2.45) is 5.10 Å². The van der Waals surface area contributed by atoms with Crippen LogP contribution in [0, 0.1) is 4.77 Å². The zero-order valence-corrected chi connectivity index (χ0v) is 19.4. The van der Waals surface area contributed by atoms with Crippen LogP contribution in [0.3, 0.4) is 0 Å². The highest BCUT2D eigenvalue weighted by Crippen LogP contribution is 2.32. The van der Waals surface area contributed by atoms with E-state index in [1.54, 1.807) is 25.1 Å². The Morgan fingerprint density at radius 1 is 0.970 bits per heavy atom. The van der Waals surface area contributed by atoms with Crippen molar-refractivity contribution in [2.45, 2.75) is 13.5 Å². The molecule has 0 saturated carbocycles. The fraction of sp³-hybridized carbons (Fsp3) is 0.160. The Kier molecular flexibility index (Phi) is 5.43. The normalized spacial score (nSPS) is 11.6. The number of aromatic nitrogens is 4. The summed E-state index contributed by atoms with van der Waals surface area (Å²) < 4.78 is 15.1. The minimum atomic E-state index is 0.402. The second-order valence-corrected chi connectivity index (χ2v) is 7.90. The lowest BCUT2D eigenvalue weighted by Gasteiger charge is -2.09. The number of nitrogens with zero attached hydrogens (tertiary/aromatic N) is 4. The molecule has 0 aliphatic rings. The van der Waals surface area contributed by atoms with Crippen molar-refractivity contribution in [3.8, 4) is 22.9 Å². The quantitative estimate of drug-likeness (QED) is 0.265. The average Bonchev–Trinajstić information content (AvgIpc) is 3.39. The largest absolute Gasteiger partial charge is 0.493 e. The first-order chi connectivity index (χ1) is 16.1. The van der Waals surface area contributed by atoms with Gasteiger partial charge in [-0.2, -0.15) is 14.9 Å². The molecule has 8 heteroatoms. The van der Waals surface area contributed by atoms with E-state index in [1.165, 1.54) is 21.8 Å². The topological polar surface area (TPSA) is 69.4 Å². The highest BCUT2D eigenvalue weighted by Gasteiger charge is 2.13. The summed E-state index contributed by atoms with van der Waals surface area (Å²) in [5.41, 5.74) is 4.22. The Labute approximate surface area is 195 Å². The highest BCUT2D eigenvalue weighted by atomic mass is 32.1. The SMILES string of the molecule is CCn1c2ccccc2c2cc(/C=N/n3c(-c4ccc(OC)c(OC)c4)n[nH]c3=S)ccc21. The summed E-state index contributed by atoms with van der Waals surface area (Å²) >= 11 is 5.43. The molecule has 0 fully saturated rings. The van der Waals surface area contributed by atoms with Gasteiger partial charge in [0.15, 0.2) is 17.3 Å². The zero-order valence-electron chi connectivity index (χ0n) is 18.6. The Hall–Kier alpha value is -3.91. The molecule has 5 aromatic rings. The van der Waals surface area contributed by atoms with Crippen molar-refractivity contribution < 1.29 is 9.47 Å². The van der Waals surface area contributed by atoms with E-state index in [4.69, 9.17) is 21.7 Å². The van der Waals surface area contributed by atoms with Crippen LogP contribution < -0.4 is 9.47 Å². The molecule has 0 amide bonds. The van der Waals surface area contributed by atoms with E-state index in [-0.39, 0.29) is 0 Å². The van der Waals surface area contributed by atoms with Gasteiger partial charge < -0.3 is 14.0 Å². The first-order valence-corrected chi connectivity index (χ1v) is 11.0. The molecule has 3 aromatic carbocycles. The number of aromatic amines is 1. The maximum Gasteiger partial charge on any atom is 0.216 e. The summed E-state index contributed by atoms with van der Waals surface area (Å²) in [6, 6.07) is 20.4. The van der Waals surface area contributed by atoms with Gasteiger partial charge in [-0.05, 0) is 61.1 Å². The molecule has 0 spiro atoms. The number of para-hydroxylation sites is 1. The molecular weight excluding hydrogens is 434 g/mol. The third kappa shape index (κ3) is 3.58. The molecule has 7 nitrogen and oxygen atoms in total. The van der Waals surface area contributed by atoms with Crippen LogP contribution >= 0.6 is 12.2 Å². The molecule has 1 N–H and O–H groups in total. The molecule has 0 aliphatic carbocycles. The second-order valence-electron chi connectivity index (χ2n) is 7.52. The van der Waals surface area contributed by atoms with Gasteiger partial charge in [-0.25, -0.2) is 5.10 Å². The van der Waals surface area contributed by atoms with Crippen LogP contribution in [0.15, 0.2) is 65.8 Å². The van der Waals surface area contributed by atoms with Gasteiger partial charge in [-0.15, -0.1) is 0 Å². The second kappa shape index (κ2) is 8.55. The van der Waals surface area contributed by atoms with Gasteiger partial charge in [-0.1, -0.05) is 24.3 Å². The zero-order chi connectivity index (χ0) is 22.9. The Morgan fingerprint density at radius 3 is 2.55 bits per heavy atom. The number of benzene rings is 3. The summed E-state index contributed by atoms with van der Waals surface area (Å²) in [4.78, 5) is 0. The average molecular weight is 458 g/mol. The lowest BCUT2D eigenvalue weighted by atomic mass is 10.1. The maximum atomic E-state index is 5.43. The van der Waals surface area contributed by atoms with E-state index in [9.17, 15) is 0 Å². The van der Waals surface area contributed by atoms with Crippen molar-refractivity contribution >= 4 is 40.2 Å². The minimum absolute atomic E-state index is 0.402. The number of hydrogen-bond acceptors (Lipinski definition) is 5. The number of methoxy groups -OCH3 is 2. The van der Waals surface area contributed by atoms with Gasteiger partial charge in [0, 0.05) is 33.9 Å². The third-order valence-corrected chi connectivity index (χ3v) is 5.99. The fourth-order valence-corrected chi connectivity index (χ4v) is 4.36. The van der Waals surface area contributed by atoms with Gasteiger partial charge in [0.2, 0.25) is 4.77 Å². The molecule has 166 valence electrons. The summed E-state index contributed by atoms with van der Waals surface area (Å²) in [6.45, 7) is 3.08. The van der Waals surface area contributed by atoms with Gasteiger partial charge >= 0.3 is 0 Å². The van der Waals surface area contributed by atoms with E-state index in [1.807, 2.05) is 18.2 Å². The van der Waals surface area contributed by atoms with Gasteiger partial charge in [0.05, 0.1) is 20.4 Å². The van der Waals surface area contributed by atoms with Gasteiger partial charge in [-0.3, -0.25) is 0 Å². The standard InChI is InChI=1S/C25H23N5O2S/c1-4-29-20-8-6-5-7-18(20)19-13-16(9-11-21(19)29)15-26-30-24(27-28-25(30)33)17-10-12-22(31-2)23(14-17)32-3/h5-15H,4H2,1-3H3,(H,28,33)/b26-15+. The highest BCUT2D eigenvalue weighted by molar-refractivity contribution is 7.71. The Morgan fingerprint density at radius 2 is 1.76 bits per heavy atom. The molecule has 0 bridgehead atoms. The van der Waals surface area contributed by atoms with E-state index in [0.29, 0.717) is 22.1 Å². The van der Waals surface area contributed by atoms with Crippen LogP contribution in [0.5, 0.6) is 11.5 Å². The van der Waals surface area contributed by atoms with Crippen molar-refractivity contribution in [1.82, 2.24) is 19.4 Å². The van der Waals surface area contributed by atoms with Crippen molar-refractivity contribution in [3.05, 3.63) is 71.0 Å². The summed E-state index contributed by atoms with van der Waals surface area (Å²) in [5, 5.41) is 14.3. The van der Waals surface area contributed by atoms with Crippen LogP contribution in [-0.2, 0) is 6.54 Å². The Balaban J connectivity index is 1.56. The third-order valence-electron chi connectivity index (χ3n) is 5.73. The molecule has 0 radical (unpaired) electrons. The first-order valence-electron chi connectivity index (χ1n) is 10.6. The lowest BCUT2D eigenvalue weighted by Crippen LogP contribution is -1.97. The summed E-state index contributed by atoms with van der Waals surface area (Å²) in [5.74, 6) is 1.84. The van der Waals surface area contributed by atoms with Crippen molar-refractivity contribution in [2.75, 3.05) is 14.2 Å². The van der Waals surface area contributed by atoms with Crippen molar-refractivity contribution in [1.29, 1.82) is 0 Å². The number of hydrogen-bond donors (Lipinski definition) is 1. The van der Waals surface area contributed by atoms with Gasteiger partial charge in [0.1, 0.15) is 0 Å². The molecule has 2 heterocycles. The molecule has 33 heavy (non-hydrogen) atoms. The van der Waals surface area contributed by atoms with Crippen LogP contribution in [0.1, 0.15) is 12.5 Å². The van der Waals surface area contributed by atoms with Crippen LogP contribution in [0.25, 0.3) is 33.2 Å². The molecule has 0 unspecified atom stereocenters. The monoisotopic (exact) mass is 457 g/mol. The van der Waals surface area contributed by atoms with E-state index >= 15 is 0 Å². The molecular formula is C25H23N5O2S. The van der Waals surface area contributed by atoms with Crippen molar-refractivity contribution in [3.63, 3.8) is 0 Å². The fourth-order valence-electron chi connectivity index (χ4n) is 4.18. The van der Waals surface area contributed by atoms with Crippen LogP contribution in [0.2, 0.25) is 0 Å². The predicted molar refractivity (Wildman–Crippen MR) is 134 cm³/mol. The number of rotatable bonds is 6. The number of H-pyrrole nitrogens is 1. The molecule has 5 rings (SSSR count). The minimum Gasteiger partial charge on any atom is -0.493 e. The summed E-state index contributed by atoms with van der Waals surface area (Å²) in [7, 11) is 3.20. The van der Waals surface area contributed by atoms with Crippen LogP contribution in [-0.4, -0.2) is 39.9 Å². The number of nitrogens with one attached hydrogen (secondary N) is 1.